The molecule has 2 atom stereocenters. The largest absolute Gasteiger partial charge is 0.444 e. The van der Waals surface area contributed by atoms with Gasteiger partial charge in [0, 0.05) is 24.7 Å². The molecule has 0 radical (unpaired) electrons. The number of hydrogen-bond acceptors (Lipinski definition) is 7. The number of piperidine rings is 1. The fourth-order valence-electron chi connectivity index (χ4n) is 3.71. The van der Waals surface area contributed by atoms with E-state index in [9.17, 15) is 13.6 Å². The van der Waals surface area contributed by atoms with Gasteiger partial charge in [0.15, 0.2) is 0 Å². The second-order valence-electron chi connectivity index (χ2n) is 8.99. The van der Waals surface area contributed by atoms with Gasteiger partial charge in [-0.3, -0.25) is 0 Å². The van der Waals surface area contributed by atoms with Crippen LogP contribution in [0.1, 0.15) is 39.7 Å². The highest BCUT2D eigenvalue weighted by Crippen LogP contribution is 2.28. The number of rotatable bonds is 3. The van der Waals surface area contributed by atoms with E-state index in [1.54, 1.807) is 26.8 Å². The van der Waals surface area contributed by atoms with E-state index in [2.05, 4.69) is 15.3 Å². The molecule has 10 heteroatoms. The fourth-order valence-corrected chi connectivity index (χ4v) is 3.71. The second kappa shape index (κ2) is 8.94. The van der Waals surface area contributed by atoms with Gasteiger partial charge in [-0.2, -0.15) is 10.2 Å². The molecule has 2 unspecified atom stereocenters. The van der Waals surface area contributed by atoms with Crippen LogP contribution in [-0.2, 0) is 4.74 Å². The van der Waals surface area contributed by atoms with Crippen molar-refractivity contribution in [1.29, 1.82) is 5.26 Å². The van der Waals surface area contributed by atoms with Crippen LogP contribution in [0.25, 0.3) is 11.3 Å². The maximum Gasteiger partial charge on any atom is 0.407 e. The third-order valence-electron chi connectivity index (χ3n) is 4.88. The van der Waals surface area contributed by atoms with E-state index < -0.39 is 28.9 Å². The molecular weight excluding hydrogens is 418 g/mol. The molecule has 1 fully saturated rings. The summed E-state index contributed by atoms with van der Waals surface area (Å²) in [6, 6.07) is 4.98. The number of ether oxygens (including phenoxy) is 1. The summed E-state index contributed by atoms with van der Waals surface area (Å²) in [7, 11) is 0. The molecule has 1 aliphatic rings. The molecule has 2 aromatic rings. The maximum atomic E-state index is 14.1. The Kier molecular flexibility index (Phi) is 6.48. The number of nitrogen functional groups attached to an aromatic ring is 1. The van der Waals surface area contributed by atoms with Crippen molar-refractivity contribution < 1.29 is 18.3 Å². The first-order chi connectivity index (χ1) is 14.9. The Hall–Kier alpha value is -3.48. The summed E-state index contributed by atoms with van der Waals surface area (Å²) in [5.41, 5.74) is 4.98. The van der Waals surface area contributed by atoms with Crippen molar-refractivity contribution in [2.75, 3.05) is 23.7 Å². The van der Waals surface area contributed by atoms with Gasteiger partial charge in [-0.15, -0.1) is 0 Å². The summed E-state index contributed by atoms with van der Waals surface area (Å²) in [4.78, 5) is 22.5. The predicted molar refractivity (Wildman–Crippen MR) is 116 cm³/mol. The molecule has 32 heavy (non-hydrogen) atoms. The average Bonchev–Trinajstić information content (AvgIpc) is 2.65. The van der Waals surface area contributed by atoms with Crippen LogP contribution in [0.15, 0.2) is 18.2 Å². The monoisotopic (exact) mass is 444 g/mol. The van der Waals surface area contributed by atoms with Crippen molar-refractivity contribution >= 4 is 17.9 Å². The first-order valence-corrected chi connectivity index (χ1v) is 10.2. The quantitative estimate of drug-likeness (QED) is 0.742. The number of nitrogens with zero attached hydrogens (tertiary/aromatic N) is 4. The number of nitrogens with two attached hydrogens (primary N) is 1. The van der Waals surface area contributed by atoms with Crippen molar-refractivity contribution in [2.24, 2.45) is 5.92 Å². The molecule has 8 nitrogen and oxygen atoms in total. The molecule has 1 aliphatic heterocycles. The number of aromatic nitrogens is 2. The summed E-state index contributed by atoms with van der Waals surface area (Å²) in [5.74, 6) is -1.31. The summed E-state index contributed by atoms with van der Waals surface area (Å²) >= 11 is 0. The highest BCUT2D eigenvalue weighted by Gasteiger charge is 2.29. The van der Waals surface area contributed by atoms with E-state index in [1.165, 1.54) is 6.07 Å². The van der Waals surface area contributed by atoms with E-state index >= 15 is 0 Å². The highest BCUT2D eigenvalue weighted by molar-refractivity contribution is 5.69. The SMILES string of the molecule is CC1CC(NC(=O)OC(C)(C)C)CN(c2cc(-c3cc(F)c(C#N)c(F)c3)nc(N)n2)C1. The molecule has 0 saturated carbocycles. The van der Waals surface area contributed by atoms with Crippen molar-refractivity contribution in [2.45, 2.75) is 45.8 Å². The van der Waals surface area contributed by atoms with Gasteiger partial charge in [0.1, 0.15) is 34.7 Å². The first kappa shape index (κ1) is 23.2. The molecule has 1 saturated heterocycles. The molecule has 3 N–H and O–H groups in total. The lowest BCUT2D eigenvalue weighted by atomic mass is 9.96. The number of alkyl carbamates (subject to hydrolysis) is 1. The third-order valence-corrected chi connectivity index (χ3v) is 4.88. The Morgan fingerprint density at radius 3 is 2.50 bits per heavy atom. The van der Waals surface area contributed by atoms with Crippen LogP contribution in [0.5, 0.6) is 0 Å². The molecule has 1 aromatic heterocycles. The number of halogens is 2. The van der Waals surface area contributed by atoms with E-state index in [0.717, 1.165) is 18.6 Å². The number of nitriles is 1. The van der Waals surface area contributed by atoms with Crippen LogP contribution in [0.3, 0.4) is 0 Å². The van der Waals surface area contributed by atoms with Gasteiger partial charge in [0.25, 0.3) is 0 Å². The Morgan fingerprint density at radius 1 is 1.25 bits per heavy atom. The fraction of sp³-hybridized carbons (Fsp3) is 0.455. The Morgan fingerprint density at radius 2 is 1.91 bits per heavy atom. The minimum Gasteiger partial charge on any atom is -0.444 e. The van der Waals surface area contributed by atoms with Crippen molar-refractivity contribution in [3.05, 3.63) is 35.4 Å². The normalized spacial score (nSPS) is 18.7. The standard InChI is InChI=1S/C22H26F2N6O2/c1-12-5-14(27-21(31)32-22(2,3)4)11-30(10-12)19-8-18(28-20(26)29-19)13-6-16(23)15(9-25)17(24)7-13/h6-8,12,14H,5,10-11H2,1-4H3,(H,27,31)(H2,26,28,29). The number of hydrogen-bond donors (Lipinski definition) is 2. The topological polar surface area (TPSA) is 117 Å². The van der Waals surface area contributed by atoms with Gasteiger partial charge in [-0.05, 0) is 45.2 Å². The minimum atomic E-state index is -0.977. The molecule has 0 spiro atoms. The molecule has 1 amide bonds. The zero-order valence-electron chi connectivity index (χ0n) is 18.4. The van der Waals surface area contributed by atoms with E-state index in [-0.39, 0.29) is 29.2 Å². The third kappa shape index (κ3) is 5.60. The first-order valence-electron chi connectivity index (χ1n) is 10.2. The van der Waals surface area contributed by atoms with E-state index in [4.69, 9.17) is 15.7 Å². The molecule has 3 rings (SSSR count). The van der Waals surface area contributed by atoms with Crippen molar-refractivity contribution in [1.82, 2.24) is 15.3 Å². The van der Waals surface area contributed by atoms with Crippen LogP contribution in [0, 0.1) is 28.9 Å². The van der Waals surface area contributed by atoms with Crippen LogP contribution < -0.4 is 16.0 Å². The minimum absolute atomic E-state index is 0.0578. The van der Waals surface area contributed by atoms with E-state index in [0.29, 0.717) is 18.9 Å². The van der Waals surface area contributed by atoms with Crippen molar-refractivity contribution in [3.8, 4) is 17.3 Å². The van der Waals surface area contributed by atoms with Gasteiger partial charge in [0.05, 0.1) is 11.7 Å². The van der Waals surface area contributed by atoms with Gasteiger partial charge in [-0.1, -0.05) is 6.92 Å². The van der Waals surface area contributed by atoms with Crippen molar-refractivity contribution in [3.63, 3.8) is 0 Å². The van der Waals surface area contributed by atoms with Gasteiger partial charge < -0.3 is 20.7 Å². The van der Waals surface area contributed by atoms with Crippen LogP contribution >= 0.6 is 0 Å². The lowest BCUT2D eigenvalue weighted by molar-refractivity contribution is 0.0495. The predicted octanol–water partition coefficient (Wildman–Crippen LogP) is 3.62. The zero-order chi connectivity index (χ0) is 23.6. The lowest BCUT2D eigenvalue weighted by Gasteiger charge is -2.37. The Labute approximate surface area is 185 Å². The smallest absolute Gasteiger partial charge is 0.407 e. The van der Waals surface area contributed by atoms with Gasteiger partial charge in [0.2, 0.25) is 5.95 Å². The summed E-state index contributed by atoms with van der Waals surface area (Å²) in [6.45, 7) is 8.54. The number of carbonyl (C=O) groups excluding carboxylic acids is 1. The highest BCUT2D eigenvalue weighted by atomic mass is 19.1. The van der Waals surface area contributed by atoms with Gasteiger partial charge >= 0.3 is 6.09 Å². The van der Waals surface area contributed by atoms with Crippen LogP contribution in [-0.4, -0.2) is 40.8 Å². The maximum absolute atomic E-state index is 14.1. The number of carbonyl (C=O) groups is 1. The number of amides is 1. The molecular formula is C22H26F2N6O2. The number of nitrogens with one attached hydrogen (secondary N) is 1. The lowest BCUT2D eigenvalue weighted by Crippen LogP contribution is -2.51. The Bertz CT molecular complexity index is 1040. The Balaban J connectivity index is 1.86. The van der Waals surface area contributed by atoms with Crippen LogP contribution in [0.4, 0.5) is 25.3 Å². The summed E-state index contributed by atoms with van der Waals surface area (Å²) < 4.78 is 33.5. The van der Waals surface area contributed by atoms with Crippen LogP contribution in [0.2, 0.25) is 0 Å². The molecule has 2 heterocycles. The van der Waals surface area contributed by atoms with E-state index in [1.807, 2.05) is 11.8 Å². The number of benzene rings is 1. The summed E-state index contributed by atoms with van der Waals surface area (Å²) in [5, 5.41) is 11.8. The van der Waals surface area contributed by atoms with Gasteiger partial charge in [-0.25, -0.2) is 18.6 Å². The summed E-state index contributed by atoms with van der Waals surface area (Å²) in [6.07, 6.45) is 0.262. The zero-order valence-corrected chi connectivity index (χ0v) is 18.4. The second-order valence-corrected chi connectivity index (χ2v) is 8.99. The number of anilines is 2. The average molecular weight is 444 g/mol. The molecule has 0 bridgehead atoms. The molecule has 0 aliphatic carbocycles. The molecule has 1 aromatic carbocycles. The molecule has 170 valence electrons.